The van der Waals surface area contributed by atoms with Crippen molar-refractivity contribution >= 4 is 11.9 Å². The van der Waals surface area contributed by atoms with Crippen LogP contribution < -0.4 is 0 Å². The van der Waals surface area contributed by atoms with Crippen LogP contribution in [-0.2, 0) is 14.3 Å². The Balaban J connectivity index is 2.36. The van der Waals surface area contributed by atoms with Crippen molar-refractivity contribution in [2.45, 2.75) is 110 Å². The number of ether oxygens (including phenoxy) is 1. The molecule has 0 saturated carbocycles. The minimum atomic E-state index is -0.217. The highest BCUT2D eigenvalue weighted by Crippen LogP contribution is 2.14. The topological polar surface area (TPSA) is 49.9 Å². The standard InChI is InChI=1S/C24H46N2O3/c1-4-6-8-10-11-12-13-17-24(28)29-22(21-26-19-15-16-23(26)27)20-25(3)18-14-9-7-5-2/h22H,4-21H2,1-3H3. The Kier molecular flexibility index (Phi) is 14.9. The fraction of sp³-hybridized carbons (Fsp3) is 0.917. The average Bonchev–Trinajstić information content (AvgIpc) is 3.09. The Morgan fingerprint density at radius 1 is 1.00 bits per heavy atom. The van der Waals surface area contributed by atoms with E-state index in [2.05, 4.69) is 25.8 Å². The summed E-state index contributed by atoms with van der Waals surface area (Å²) in [5, 5.41) is 0. The van der Waals surface area contributed by atoms with E-state index in [-0.39, 0.29) is 18.0 Å². The lowest BCUT2D eigenvalue weighted by Crippen LogP contribution is -2.42. The van der Waals surface area contributed by atoms with Crippen LogP contribution in [0.15, 0.2) is 0 Å². The van der Waals surface area contributed by atoms with Crippen LogP contribution in [-0.4, -0.2) is 61.0 Å². The first kappa shape index (κ1) is 25.9. The first-order valence-electron chi connectivity index (χ1n) is 12.2. The summed E-state index contributed by atoms with van der Waals surface area (Å²) in [6, 6.07) is 0. The van der Waals surface area contributed by atoms with E-state index in [9.17, 15) is 9.59 Å². The summed E-state index contributed by atoms with van der Waals surface area (Å²) in [7, 11) is 2.09. The van der Waals surface area contributed by atoms with Crippen LogP contribution in [0.1, 0.15) is 104 Å². The smallest absolute Gasteiger partial charge is 0.306 e. The molecule has 29 heavy (non-hydrogen) atoms. The summed E-state index contributed by atoms with van der Waals surface area (Å²) in [5.74, 6) is 0.0957. The zero-order chi connectivity index (χ0) is 21.3. The van der Waals surface area contributed by atoms with Crippen LogP contribution in [0.2, 0.25) is 0 Å². The average molecular weight is 411 g/mol. The van der Waals surface area contributed by atoms with Crippen LogP contribution in [0.4, 0.5) is 0 Å². The Morgan fingerprint density at radius 3 is 2.24 bits per heavy atom. The van der Waals surface area contributed by atoms with Crippen molar-refractivity contribution in [3.63, 3.8) is 0 Å². The van der Waals surface area contributed by atoms with Gasteiger partial charge in [-0.25, -0.2) is 0 Å². The van der Waals surface area contributed by atoms with Crippen LogP contribution >= 0.6 is 0 Å². The van der Waals surface area contributed by atoms with E-state index in [0.29, 0.717) is 25.9 Å². The first-order chi connectivity index (χ1) is 14.1. The van der Waals surface area contributed by atoms with E-state index in [0.717, 1.165) is 32.4 Å². The molecule has 170 valence electrons. The molecule has 0 aliphatic carbocycles. The highest BCUT2D eigenvalue weighted by molar-refractivity contribution is 5.78. The van der Waals surface area contributed by atoms with E-state index < -0.39 is 0 Å². The van der Waals surface area contributed by atoms with Crippen LogP contribution in [0.3, 0.4) is 0 Å². The third-order valence-electron chi connectivity index (χ3n) is 5.79. The van der Waals surface area contributed by atoms with Gasteiger partial charge in [0.2, 0.25) is 5.91 Å². The van der Waals surface area contributed by atoms with Gasteiger partial charge in [0, 0.05) is 25.9 Å². The van der Waals surface area contributed by atoms with Gasteiger partial charge in [-0.1, -0.05) is 71.6 Å². The van der Waals surface area contributed by atoms with E-state index in [1.54, 1.807) is 0 Å². The first-order valence-corrected chi connectivity index (χ1v) is 12.2. The number of carbonyl (C=O) groups excluding carboxylic acids is 2. The Labute approximate surface area is 179 Å². The molecule has 1 aliphatic heterocycles. The van der Waals surface area contributed by atoms with Gasteiger partial charge in [0.15, 0.2) is 0 Å². The molecule has 0 aromatic rings. The molecule has 1 heterocycles. The maximum absolute atomic E-state index is 12.4. The van der Waals surface area contributed by atoms with Gasteiger partial charge in [-0.15, -0.1) is 0 Å². The van der Waals surface area contributed by atoms with Crippen molar-refractivity contribution < 1.29 is 14.3 Å². The molecule has 0 aromatic heterocycles. The van der Waals surface area contributed by atoms with Crippen molar-refractivity contribution in [2.75, 3.05) is 33.2 Å². The number of nitrogens with zero attached hydrogens (tertiary/aromatic N) is 2. The second-order valence-corrected chi connectivity index (χ2v) is 8.75. The lowest BCUT2D eigenvalue weighted by Gasteiger charge is -2.28. The Morgan fingerprint density at radius 2 is 1.62 bits per heavy atom. The van der Waals surface area contributed by atoms with Crippen LogP contribution in [0.25, 0.3) is 0 Å². The second kappa shape index (κ2) is 16.7. The maximum Gasteiger partial charge on any atom is 0.306 e. The molecule has 0 aromatic carbocycles. The monoisotopic (exact) mass is 410 g/mol. The van der Waals surface area contributed by atoms with E-state index in [1.165, 1.54) is 57.8 Å². The molecule has 1 rings (SSSR count). The number of esters is 1. The lowest BCUT2D eigenvalue weighted by molar-refractivity contribution is -0.152. The predicted octanol–water partition coefficient (Wildman–Crippen LogP) is 5.17. The molecule has 5 nitrogen and oxygen atoms in total. The second-order valence-electron chi connectivity index (χ2n) is 8.75. The highest BCUT2D eigenvalue weighted by atomic mass is 16.5. The number of hydrogen-bond acceptors (Lipinski definition) is 4. The molecule has 1 unspecified atom stereocenters. The van der Waals surface area contributed by atoms with Crippen molar-refractivity contribution in [3.05, 3.63) is 0 Å². The van der Waals surface area contributed by atoms with Crippen molar-refractivity contribution in [1.29, 1.82) is 0 Å². The summed E-state index contributed by atoms with van der Waals surface area (Å²) < 4.78 is 5.83. The van der Waals surface area contributed by atoms with Gasteiger partial charge in [-0.05, 0) is 32.9 Å². The van der Waals surface area contributed by atoms with Crippen LogP contribution in [0, 0.1) is 0 Å². The molecule has 0 N–H and O–H groups in total. The quantitative estimate of drug-likeness (QED) is 0.231. The lowest BCUT2D eigenvalue weighted by atomic mass is 10.1. The molecule has 1 amide bonds. The van der Waals surface area contributed by atoms with Crippen molar-refractivity contribution in [1.82, 2.24) is 9.80 Å². The normalized spacial score (nSPS) is 15.3. The molecular formula is C24H46N2O3. The highest BCUT2D eigenvalue weighted by Gasteiger charge is 2.26. The van der Waals surface area contributed by atoms with Gasteiger partial charge in [0.25, 0.3) is 0 Å². The molecular weight excluding hydrogens is 364 g/mol. The number of rotatable bonds is 18. The Hall–Kier alpha value is -1.10. The number of carbonyl (C=O) groups is 2. The number of likely N-dealkylation sites (tertiary alicyclic amines) is 1. The van der Waals surface area contributed by atoms with E-state index >= 15 is 0 Å². The summed E-state index contributed by atoms with van der Waals surface area (Å²) in [4.78, 5) is 28.5. The van der Waals surface area contributed by atoms with E-state index in [1.807, 2.05) is 4.90 Å². The molecule has 1 atom stereocenters. The third-order valence-corrected chi connectivity index (χ3v) is 5.79. The molecule has 1 saturated heterocycles. The fourth-order valence-electron chi connectivity index (χ4n) is 3.99. The maximum atomic E-state index is 12.4. The Bertz CT molecular complexity index is 442. The number of amides is 1. The van der Waals surface area contributed by atoms with Gasteiger partial charge in [0.1, 0.15) is 6.10 Å². The summed E-state index contributed by atoms with van der Waals surface area (Å²) in [6.45, 7) is 7.51. The van der Waals surface area contributed by atoms with E-state index in [4.69, 9.17) is 4.74 Å². The minimum Gasteiger partial charge on any atom is -0.459 e. The van der Waals surface area contributed by atoms with Crippen molar-refractivity contribution in [3.8, 4) is 0 Å². The summed E-state index contributed by atoms with van der Waals surface area (Å²) >= 11 is 0. The zero-order valence-corrected chi connectivity index (χ0v) is 19.4. The number of hydrogen-bond donors (Lipinski definition) is 0. The molecule has 1 aliphatic rings. The molecule has 0 radical (unpaired) electrons. The molecule has 5 heteroatoms. The minimum absolute atomic E-state index is 0.102. The van der Waals surface area contributed by atoms with Crippen LogP contribution in [0.5, 0.6) is 0 Å². The fourth-order valence-corrected chi connectivity index (χ4v) is 3.99. The number of unbranched alkanes of at least 4 members (excludes halogenated alkanes) is 9. The SMILES string of the molecule is CCCCCCCCCC(=O)OC(CN(C)CCCCCC)CN1CCCC1=O. The van der Waals surface area contributed by atoms with Gasteiger partial charge in [0.05, 0.1) is 6.54 Å². The largest absolute Gasteiger partial charge is 0.459 e. The predicted molar refractivity (Wildman–Crippen MR) is 120 cm³/mol. The number of likely N-dealkylation sites (N-methyl/N-ethyl adjacent to an activating group) is 1. The van der Waals surface area contributed by atoms with Gasteiger partial charge in [-0.2, -0.15) is 0 Å². The summed E-state index contributed by atoms with van der Waals surface area (Å²) in [5.41, 5.74) is 0. The summed E-state index contributed by atoms with van der Waals surface area (Å²) in [6.07, 6.45) is 15.1. The molecule has 0 bridgehead atoms. The molecule has 1 fully saturated rings. The zero-order valence-electron chi connectivity index (χ0n) is 19.4. The van der Waals surface area contributed by atoms with Gasteiger partial charge >= 0.3 is 5.97 Å². The molecule has 0 spiro atoms. The van der Waals surface area contributed by atoms with Gasteiger partial charge in [-0.3, -0.25) is 9.59 Å². The third kappa shape index (κ3) is 12.9. The van der Waals surface area contributed by atoms with Crippen molar-refractivity contribution in [2.24, 2.45) is 0 Å². The van der Waals surface area contributed by atoms with Gasteiger partial charge < -0.3 is 14.5 Å².